The molecule has 66 valence electrons. The molecule has 1 N–H and O–H groups in total. The molecule has 0 aliphatic carbocycles. The molecule has 3 nitrogen and oxygen atoms in total. The highest BCUT2D eigenvalue weighted by Crippen LogP contribution is 2.22. The van der Waals surface area contributed by atoms with Crippen molar-refractivity contribution in [2.45, 2.75) is 13.8 Å². The van der Waals surface area contributed by atoms with Gasteiger partial charge in [0.2, 0.25) is 0 Å². The van der Waals surface area contributed by atoms with Crippen LogP contribution in [0.1, 0.15) is 11.4 Å². The maximum Gasteiger partial charge on any atom is 0.163 e. The van der Waals surface area contributed by atoms with Crippen molar-refractivity contribution in [3.05, 3.63) is 29.6 Å². The van der Waals surface area contributed by atoms with Gasteiger partial charge in [-0.2, -0.15) is 0 Å². The molecule has 0 aliphatic rings. The number of fused-ring (bicyclic) bond motifs is 1. The number of pyridine rings is 2. The van der Waals surface area contributed by atoms with E-state index in [1.165, 1.54) is 0 Å². The lowest BCUT2D eigenvalue weighted by molar-refractivity contribution is 0.480. The molecule has 2 aromatic rings. The monoisotopic (exact) mass is 174 g/mol. The van der Waals surface area contributed by atoms with Gasteiger partial charge in [0.25, 0.3) is 0 Å². The second-order valence-electron chi connectivity index (χ2n) is 3.11. The maximum absolute atomic E-state index is 9.56. The summed E-state index contributed by atoms with van der Waals surface area (Å²) in [4.78, 5) is 8.45. The number of hydrogen-bond donors (Lipinski definition) is 1. The summed E-state index contributed by atoms with van der Waals surface area (Å²) in [6, 6.07) is 5.33. The van der Waals surface area contributed by atoms with Gasteiger partial charge in [0.15, 0.2) is 5.65 Å². The summed E-state index contributed by atoms with van der Waals surface area (Å²) in [5, 5.41) is 10.3. The van der Waals surface area contributed by atoms with Crippen LogP contribution >= 0.6 is 0 Å². The van der Waals surface area contributed by atoms with Gasteiger partial charge in [0, 0.05) is 17.5 Å². The van der Waals surface area contributed by atoms with E-state index in [-0.39, 0.29) is 5.75 Å². The van der Waals surface area contributed by atoms with Crippen LogP contribution in [-0.2, 0) is 0 Å². The SMILES string of the molecule is Cc1ccc2c(O)cc(C)nc2n1. The van der Waals surface area contributed by atoms with Crippen LogP contribution in [0.5, 0.6) is 5.75 Å². The molecule has 13 heavy (non-hydrogen) atoms. The number of rotatable bonds is 0. The third kappa shape index (κ3) is 1.33. The second kappa shape index (κ2) is 2.69. The van der Waals surface area contributed by atoms with Gasteiger partial charge >= 0.3 is 0 Å². The first-order chi connectivity index (χ1) is 6.16. The Balaban J connectivity index is 2.86. The Morgan fingerprint density at radius 1 is 1.08 bits per heavy atom. The van der Waals surface area contributed by atoms with Crippen molar-refractivity contribution in [2.75, 3.05) is 0 Å². The molecule has 0 spiro atoms. The lowest BCUT2D eigenvalue weighted by Gasteiger charge is -2.01. The summed E-state index contributed by atoms with van der Waals surface area (Å²) in [6.45, 7) is 3.74. The van der Waals surface area contributed by atoms with E-state index >= 15 is 0 Å². The molecule has 2 rings (SSSR count). The normalized spacial score (nSPS) is 10.6. The van der Waals surface area contributed by atoms with E-state index in [4.69, 9.17) is 0 Å². The van der Waals surface area contributed by atoms with Crippen molar-refractivity contribution < 1.29 is 5.11 Å². The molecular formula is C10H10N2O. The standard InChI is InChI=1S/C10H10N2O/c1-6-3-4-8-9(13)5-7(2)12-10(8)11-6/h3-5H,1-2H3,(H,11,12,13). The van der Waals surface area contributed by atoms with Crippen molar-refractivity contribution in [2.24, 2.45) is 0 Å². The van der Waals surface area contributed by atoms with Gasteiger partial charge < -0.3 is 5.11 Å². The molecule has 0 fully saturated rings. The number of aromatic nitrogens is 2. The van der Waals surface area contributed by atoms with E-state index in [0.717, 1.165) is 11.4 Å². The van der Waals surface area contributed by atoms with E-state index < -0.39 is 0 Å². The first kappa shape index (κ1) is 7.98. The van der Waals surface area contributed by atoms with Crippen LogP contribution in [0.3, 0.4) is 0 Å². The Hall–Kier alpha value is -1.64. The summed E-state index contributed by atoms with van der Waals surface area (Å²) in [5.74, 6) is 0.245. The zero-order valence-corrected chi connectivity index (χ0v) is 7.57. The smallest absolute Gasteiger partial charge is 0.163 e. The van der Waals surface area contributed by atoms with Gasteiger partial charge in [0.1, 0.15) is 5.75 Å². The third-order valence-electron chi connectivity index (χ3n) is 1.92. The highest BCUT2D eigenvalue weighted by atomic mass is 16.3. The van der Waals surface area contributed by atoms with Crippen molar-refractivity contribution in [1.29, 1.82) is 0 Å². The Kier molecular flexibility index (Phi) is 1.65. The molecule has 0 atom stereocenters. The fraction of sp³-hybridized carbons (Fsp3) is 0.200. The molecule has 0 radical (unpaired) electrons. The van der Waals surface area contributed by atoms with E-state index in [1.807, 2.05) is 26.0 Å². The molecule has 0 aromatic carbocycles. The molecule has 2 heterocycles. The Bertz CT molecular complexity index is 460. The van der Waals surface area contributed by atoms with Gasteiger partial charge in [-0.15, -0.1) is 0 Å². The van der Waals surface area contributed by atoms with Crippen LogP contribution in [-0.4, -0.2) is 15.1 Å². The predicted octanol–water partition coefficient (Wildman–Crippen LogP) is 1.95. The summed E-state index contributed by atoms with van der Waals surface area (Å²) >= 11 is 0. The van der Waals surface area contributed by atoms with Crippen LogP contribution in [0.2, 0.25) is 0 Å². The molecule has 2 aromatic heterocycles. The lowest BCUT2D eigenvalue weighted by Crippen LogP contribution is -1.89. The summed E-state index contributed by atoms with van der Waals surface area (Å²) in [7, 11) is 0. The van der Waals surface area contributed by atoms with Gasteiger partial charge in [0.05, 0.1) is 5.39 Å². The first-order valence-electron chi connectivity index (χ1n) is 4.11. The minimum absolute atomic E-state index is 0.245. The van der Waals surface area contributed by atoms with E-state index in [0.29, 0.717) is 11.0 Å². The maximum atomic E-state index is 9.56. The van der Waals surface area contributed by atoms with Gasteiger partial charge in [-0.1, -0.05) is 0 Å². The fourth-order valence-corrected chi connectivity index (χ4v) is 1.30. The minimum Gasteiger partial charge on any atom is -0.507 e. The van der Waals surface area contributed by atoms with Crippen molar-refractivity contribution in [3.8, 4) is 5.75 Å². The molecule has 0 amide bonds. The first-order valence-corrected chi connectivity index (χ1v) is 4.11. The van der Waals surface area contributed by atoms with Gasteiger partial charge in [-0.25, -0.2) is 9.97 Å². The average molecular weight is 174 g/mol. The molecular weight excluding hydrogens is 164 g/mol. The Morgan fingerprint density at radius 2 is 1.77 bits per heavy atom. The number of nitrogens with zero attached hydrogens (tertiary/aromatic N) is 2. The average Bonchev–Trinajstić information content (AvgIpc) is 2.02. The van der Waals surface area contributed by atoms with Crippen molar-refractivity contribution >= 4 is 11.0 Å². The topological polar surface area (TPSA) is 46.0 Å². The van der Waals surface area contributed by atoms with Crippen LogP contribution < -0.4 is 0 Å². The van der Waals surface area contributed by atoms with E-state index in [1.54, 1.807) is 6.07 Å². The van der Waals surface area contributed by atoms with Crippen LogP contribution in [0.25, 0.3) is 11.0 Å². The van der Waals surface area contributed by atoms with Crippen molar-refractivity contribution in [3.63, 3.8) is 0 Å². The second-order valence-corrected chi connectivity index (χ2v) is 3.11. The van der Waals surface area contributed by atoms with Crippen LogP contribution in [0.15, 0.2) is 18.2 Å². The lowest BCUT2D eigenvalue weighted by atomic mass is 10.2. The summed E-state index contributed by atoms with van der Waals surface area (Å²) in [6.07, 6.45) is 0. The molecule has 0 saturated carbocycles. The highest BCUT2D eigenvalue weighted by molar-refractivity contribution is 5.81. The van der Waals surface area contributed by atoms with Crippen molar-refractivity contribution in [1.82, 2.24) is 9.97 Å². The highest BCUT2D eigenvalue weighted by Gasteiger charge is 2.02. The van der Waals surface area contributed by atoms with E-state index in [9.17, 15) is 5.11 Å². The predicted molar refractivity (Wildman–Crippen MR) is 50.7 cm³/mol. The molecule has 0 aliphatic heterocycles. The van der Waals surface area contributed by atoms with Crippen LogP contribution in [0, 0.1) is 13.8 Å². The fourth-order valence-electron chi connectivity index (χ4n) is 1.30. The number of aryl methyl sites for hydroxylation is 2. The minimum atomic E-state index is 0.245. The molecule has 0 saturated heterocycles. The van der Waals surface area contributed by atoms with E-state index in [2.05, 4.69) is 9.97 Å². The molecule has 0 bridgehead atoms. The zero-order chi connectivity index (χ0) is 9.42. The third-order valence-corrected chi connectivity index (χ3v) is 1.92. The number of aromatic hydroxyl groups is 1. The molecule has 0 unspecified atom stereocenters. The van der Waals surface area contributed by atoms with Gasteiger partial charge in [-0.05, 0) is 26.0 Å². The quantitative estimate of drug-likeness (QED) is 0.664. The Labute approximate surface area is 76.1 Å². The molecule has 3 heteroatoms. The van der Waals surface area contributed by atoms with Gasteiger partial charge in [-0.3, -0.25) is 0 Å². The Morgan fingerprint density at radius 3 is 2.54 bits per heavy atom. The zero-order valence-electron chi connectivity index (χ0n) is 7.57. The largest absolute Gasteiger partial charge is 0.507 e. The number of hydrogen-bond acceptors (Lipinski definition) is 3. The van der Waals surface area contributed by atoms with Crippen LogP contribution in [0.4, 0.5) is 0 Å². The summed E-state index contributed by atoms with van der Waals surface area (Å²) < 4.78 is 0. The summed E-state index contributed by atoms with van der Waals surface area (Å²) in [5.41, 5.74) is 2.30.